The van der Waals surface area contributed by atoms with Crippen molar-refractivity contribution in [1.82, 2.24) is 16.0 Å². The first-order valence-corrected chi connectivity index (χ1v) is 14.4. The van der Waals surface area contributed by atoms with E-state index in [9.17, 15) is 24.3 Å². The molecule has 1 fully saturated rings. The molecule has 1 unspecified atom stereocenters. The van der Waals surface area contributed by atoms with Gasteiger partial charge in [-0.1, -0.05) is 64.1 Å². The van der Waals surface area contributed by atoms with Crippen LogP contribution >= 0.6 is 21.6 Å². The predicted molar refractivity (Wildman–Crippen MR) is 149 cm³/mol. The Bertz CT molecular complexity index is 1150. The highest BCUT2D eigenvalue weighted by Gasteiger charge is 2.39. The summed E-state index contributed by atoms with van der Waals surface area (Å²) < 4.78 is -0.805. The molecule has 8 N–H and O–H groups in total. The van der Waals surface area contributed by atoms with Gasteiger partial charge in [0, 0.05) is 16.9 Å². The van der Waals surface area contributed by atoms with E-state index < -0.39 is 52.5 Å². The number of phenols is 1. The molecule has 0 spiro atoms. The summed E-state index contributed by atoms with van der Waals surface area (Å²) in [5.74, 6) is -2.06. The number of nitrogens with one attached hydrogen (secondary N) is 3. The molecule has 204 valence electrons. The molecule has 1 heterocycles. The number of phenolic OH excluding ortho intramolecular Hbond substituents is 1. The fraction of sp³-hybridized carbons (Fsp3) is 0.385. The van der Waals surface area contributed by atoms with Gasteiger partial charge in [0.15, 0.2) is 0 Å². The smallest absolute Gasteiger partial charge is 0.244 e. The van der Waals surface area contributed by atoms with E-state index in [1.54, 1.807) is 26.0 Å². The van der Waals surface area contributed by atoms with Gasteiger partial charge in [-0.05, 0) is 43.5 Å². The lowest BCUT2D eigenvalue weighted by molar-refractivity contribution is -0.133. The average molecular weight is 560 g/mol. The van der Waals surface area contributed by atoms with Gasteiger partial charge in [-0.2, -0.15) is 0 Å². The zero-order valence-corrected chi connectivity index (χ0v) is 22.8. The molecule has 2 aromatic carbocycles. The third kappa shape index (κ3) is 8.14. The molecule has 0 aliphatic carbocycles. The van der Waals surface area contributed by atoms with Gasteiger partial charge < -0.3 is 32.5 Å². The van der Waals surface area contributed by atoms with Gasteiger partial charge >= 0.3 is 0 Å². The van der Waals surface area contributed by atoms with Crippen molar-refractivity contribution in [2.75, 3.05) is 5.75 Å². The summed E-state index contributed by atoms with van der Waals surface area (Å²) in [7, 11) is 2.57. The molecular weight excluding hydrogens is 526 g/mol. The molecule has 1 saturated heterocycles. The van der Waals surface area contributed by atoms with Crippen LogP contribution in [0.2, 0.25) is 0 Å². The van der Waals surface area contributed by atoms with E-state index in [4.69, 9.17) is 11.5 Å². The average Bonchev–Trinajstić information content (AvgIpc) is 2.88. The highest BCUT2D eigenvalue weighted by atomic mass is 33.1. The Morgan fingerprint density at radius 1 is 1.05 bits per heavy atom. The number of carbonyl (C=O) groups excluding carboxylic acids is 4. The Hall–Kier alpha value is -3.22. The van der Waals surface area contributed by atoms with Crippen LogP contribution in [0.25, 0.3) is 0 Å². The Labute approximate surface area is 229 Å². The van der Waals surface area contributed by atoms with Gasteiger partial charge in [-0.15, -0.1) is 0 Å². The molecule has 10 nitrogen and oxygen atoms in total. The molecule has 1 aliphatic heterocycles. The van der Waals surface area contributed by atoms with E-state index in [1.807, 2.05) is 30.3 Å². The fourth-order valence-corrected chi connectivity index (χ4v) is 6.73. The highest BCUT2D eigenvalue weighted by Crippen LogP contribution is 2.38. The largest absolute Gasteiger partial charge is 0.508 e. The maximum absolute atomic E-state index is 13.3. The summed E-state index contributed by atoms with van der Waals surface area (Å²) in [6.07, 6.45) is 0.375. The molecule has 12 heteroatoms. The van der Waals surface area contributed by atoms with Crippen LogP contribution < -0.4 is 27.4 Å². The van der Waals surface area contributed by atoms with Crippen LogP contribution in [0.15, 0.2) is 54.6 Å². The van der Waals surface area contributed by atoms with Crippen molar-refractivity contribution < 1.29 is 24.3 Å². The second-order valence-corrected chi connectivity index (χ2v) is 12.6. The molecule has 4 atom stereocenters. The minimum atomic E-state index is -1.01. The molecule has 0 bridgehead atoms. The number of benzene rings is 2. The predicted octanol–water partition coefficient (Wildman–Crippen LogP) is 0.618. The van der Waals surface area contributed by atoms with E-state index in [-0.39, 0.29) is 24.3 Å². The quantitative estimate of drug-likeness (QED) is 0.267. The monoisotopic (exact) mass is 559 g/mol. The normalized spacial score (nSPS) is 22.8. The first kappa shape index (κ1) is 29.3. The summed E-state index contributed by atoms with van der Waals surface area (Å²) in [4.78, 5) is 51.8. The summed E-state index contributed by atoms with van der Waals surface area (Å²) in [5.41, 5.74) is 13.3. The van der Waals surface area contributed by atoms with E-state index in [2.05, 4.69) is 16.0 Å². The summed E-state index contributed by atoms with van der Waals surface area (Å²) in [6, 6.07) is 11.5. The molecule has 0 radical (unpaired) electrons. The lowest BCUT2D eigenvalue weighted by atomic mass is 10.00. The van der Waals surface area contributed by atoms with Gasteiger partial charge in [0.25, 0.3) is 0 Å². The third-order valence-corrected chi connectivity index (χ3v) is 9.36. The SMILES string of the molecule is CC1(C)SSC[C@@H](NC(=O)[C@@H](N)Cc2ccc(O)cc2)C(=O)NC(Cc2ccccc2)C(=O)N[C@H]1C(N)=O. The van der Waals surface area contributed by atoms with Crippen LogP contribution in [0.4, 0.5) is 0 Å². The summed E-state index contributed by atoms with van der Waals surface area (Å²) in [6.45, 7) is 3.56. The summed E-state index contributed by atoms with van der Waals surface area (Å²) >= 11 is 0. The maximum atomic E-state index is 13.3. The van der Waals surface area contributed by atoms with Gasteiger partial charge in [0.1, 0.15) is 23.9 Å². The number of primary amides is 1. The summed E-state index contributed by atoms with van der Waals surface area (Å²) in [5, 5.41) is 17.6. The molecule has 3 rings (SSSR count). The van der Waals surface area contributed by atoms with Crippen molar-refractivity contribution in [2.24, 2.45) is 11.5 Å². The van der Waals surface area contributed by atoms with Crippen LogP contribution in [-0.2, 0) is 32.0 Å². The van der Waals surface area contributed by atoms with Crippen LogP contribution in [-0.4, -0.2) is 63.4 Å². The van der Waals surface area contributed by atoms with Gasteiger partial charge in [0.05, 0.1) is 6.04 Å². The van der Waals surface area contributed by atoms with Crippen LogP contribution in [0, 0.1) is 0 Å². The lowest BCUT2D eigenvalue weighted by Gasteiger charge is -2.32. The first-order valence-electron chi connectivity index (χ1n) is 12.0. The van der Waals surface area contributed by atoms with Crippen molar-refractivity contribution >= 4 is 45.2 Å². The third-order valence-electron chi connectivity index (χ3n) is 6.05. The molecule has 4 amide bonds. The Kier molecular flexibility index (Phi) is 10.1. The number of carbonyl (C=O) groups is 4. The Morgan fingerprint density at radius 2 is 1.71 bits per heavy atom. The van der Waals surface area contributed by atoms with Gasteiger partial charge in [-0.3, -0.25) is 19.2 Å². The number of nitrogens with two attached hydrogens (primary N) is 2. The van der Waals surface area contributed by atoms with Crippen molar-refractivity contribution in [2.45, 2.75) is 55.6 Å². The topological polar surface area (TPSA) is 177 Å². The molecule has 0 aromatic heterocycles. The number of amides is 4. The van der Waals surface area contributed by atoms with Crippen LogP contribution in [0.5, 0.6) is 5.75 Å². The van der Waals surface area contributed by atoms with Crippen molar-refractivity contribution in [3.8, 4) is 5.75 Å². The van der Waals surface area contributed by atoms with E-state index in [0.717, 1.165) is 11.1 Å². The second kappa shape index (κ2) is 13.0. The maximum Gasteiger partial charge on any atom is 0.244 e. The zero-order chi connectivity index (χ0) is 27.9. The number of hydrogen-bond donors (Lipinski definition) is 6. The van der Waals surface area contributed by atoms with Crippen molar-refractivity contribution in [3.05, 3.63) is 65.7 Å². The van der Waals surface area contributed by atoms with Crippen LogP contribution in [0.1, 0.15) is 25.0 Å². The minimum absolute atomic E-state index is 0.103. The second-order valence-electron chi connectivity index (χ2n) is 9.60. The standard InChI is InChI=1S/C26H33N5O5S2/c1-26(2)21(22(28)33)31-24(35)19(13-15-6-4-3-5-7-15)29-25(36)20(14-37-38-26)30-23(34)18(27)12-16-8-10-17(32)11-9-16/h3-11,18-21,32H,12-14,27H2,1-2H3,(H2,28,33)(H,29,36)(H,30,34)(H,31,35)/t18-,19?,20+,21-/m0/s1. The molecule has 2 aromatic rings. The number of hydrogen-bond acceptors (Lipinski definition) is 8. The van der Waals surface area contributed by atoms with Gasteiger partial charge in [0.2, 0.25) is 23.6 Å². The van der Waals surface area contributed by atoms with Gasteiger partial charge in [-0.25, -0.2) is 0 Å². The lowest BCUT2D eigenvalue weighted by Crippen LogP contribution is -2.60. The first-order chi connectivity index (χ1) is 18.0. The number of aromatic hydroxyl groups is 1. The molecule has 1 aliphatic rings. The molecule has 0 saturated carbocycles. The fourth-order valence-electron chi connectivity index (χ4n) is 3.90. The zero-order valence-electron chi connectivity index (χ0n) is 21.2. The van der Waals surface area contributed by atoms with E-state index in [0.29, 0.717) is 0 Å². The van der Waals surface area contributed by atoms with E-state index >= 15 is 0 Å². The minimum Gasteiger partial charge on any atom is -0.508 e. The van der Waals surface area contributed by atoms with E-state index in [1.165, 1.54) is 33.7 Å². The van der Waals surface area contributed by atoms with Crippen LogP contribution in [0.3, 0.4) is 0 Å². The highest BCUT2D eigenvalue weighted by molar-refractivity contribution is 8.77. The van der Waals surface area contributed by atoms with Crippen molar-refractivity contribution in [3.63, 3.8) is 0 Å². The molecular formula is C26H33N5O5S2. The Balaban J connectivity index is 1.81. The Morgan fingerprint density at radius 3 is 2.34 bits per heavy atom. The number of rotatable bonds is 7. The van der Waals surface area contributed by atoms with Crippen molar-refractivity contribution in [1.29, 1.82) is 0 Å². The molecule has 38 heavy (non-hydrogen) atoms.